The predicted octanol–water partition coefficient (Wildman–Crippen LogP) is 16.6. The Kier molecular flexibility index (Phi) is 10.7. The lowest BCUT2D eigenvalue weighted by Crippen LogP contribution is -2.54. The third-order valence-corrected chi connectivity index (χ3v) is 13.2. The summed E-state index contributed by atoms with van der Waals surface area (Å²) in [5.41, 5.74) is 3.13. The highest BCUT2D eigenvalue weighted by Gasteiger charge is 2.72. The van der Waals surface area contributed by atoms with E-state index in [0.717, 1.165) is 68.3 Å². The maximum absolute atomic E-state index is 15.4. The fourth-order valence-electron chi connectivity index (χ4n) is 9.22. The van der Waals surface area contributed by atoms with E-state index in [1.165, 1.54) is 35.4 Å². The second-order valence-electron chi connectivity index (χ2n) is 19.8. The molecule has 0 N–H and O–H groups in total. The van der Waals surface area contributed by atoms with Crippen LogP contribution in [0.1, 0.15) is 63.8 Å². The van der Waals surface area contributed by atoms with Crippen LogP contribution in [-0.4, -0.2) is 32.3 Å². The van der Waals surface area contributed by atoms with Gasteiger partial charge < -0.3 is 0 Å². The second kappa shape index (κ2) is 16.4. The predicted molar refractivity (Wildman–Crippen MR) is 266 cm³/mol. The summed E-state index contributed by atoms with van der Waals surface area (Å²) in [6.45, 7) is 12.9. The fraction of sp³-hybridized carbons (Fsp3) is 0.186. The average Bonchev–Trinajstić information content (AvgIpc) is 3.32. The lowest BCUT2D eigenvalue weighted by Gasteiger charge is -2.38. The van der Waals surface area contributed by atoms with Gasteiger partial charge in [-0.25, -0.2) is 19.9 Å². The van der Waals surface area contributed by atoms with Crippen LogP contribution in [0.3, 0.4) is 0 Å². The quantitative estimate of drug-likeness (QED) is 0.123. The normalized spacial score (nSPS) is 12.9. The van der Waals surface area contributed by atoms with Crippen LogP contribution in [0.15, 0.2) is 170 Å². The highest BCUT2D eigenvalue weighted by Crippen LogP contribution is 2.56. The van der Waals surface area contributed by atoms with Crippen LogP contribution in [0.4, 0.5) is 26.3 Å². The molecule has 0 saturated carbocycles. The van der Waals surface area contributed by atoms with Crippen molar-refractivity contribution in [1.82, 2.24) is 19.9 Å². The van der Waals surface area contributed by atoms with Crippen LogP contribution < -0.4 is 0 Å². The van der Waals surface area contributed by atoms with Gasteiger partial charge in [-0.2, -0.15) is 26.3 Å². The van der Waals surface area contributed by atoms with E-state index in [9.17, 15) is 0 Å². The summed E-state index contributed by atoms with van der Waals surface area (Å²) in [5, 5.41) is 3.22. The summed E-state index contributed by atoms with van der Waals surface area (Å²) in [5.74, 6) is 0. The first-order chi connectivity index (χ1) is 32.7. The average molecular weight is 925 g/mol. The largest absolute Gasteiger partial charge is 0.411 e. The van der Waals surface area contributed by atoms with Crippen LogP contribution in [0, 0.1) is 0 Å². The van der Waals surface area contributed by atoms with E-state index in [2.05, 4.69) is 65.8 Å². The minimum atomic E-state index is -5.78. The van der Waals surface area contributed by atoms with E-state index in [1.54, 1.807) is 12.1 Å². The SMILES string of the molecule is CC(C)(C)c1ccc(-c2ccc3ccc4ccc(-c5ccc(C(c6ccc(-c7ccc8ccc9ccc(-c%10ccc(C(C)(C)C)cc%10)nc9c8n7)cc6)(C(F)(F)F)C(F)(F)F)cc5)nc4c3n2)cc1. The molecule has 0 atom stereocenters. The van der Waals surface area contributed by atoms with Crippen LogP contribution in [0.2, 0.25) is 0 Å². The Morgan fingerprint density at radius 2 is 0.464 bits per heavy atom. The molecule has 4 nitrogen and oxygen atoms in total. The maximum atomic E-state index is 15.4. The number of fused-ring (bicyclic) bond motifs is 6. The molecule has 0 unspecified atom stereocenters. The first kappa shape index (κ1) is 45.3. The van der Waals surface area contributed by atoms with Gasteiger partial charge in [0.05, 0.1) is 44.8 Å². The summed E-state index contributed by atoms with van der Waals surface area (Å²) in [4.78, 5) is 19.7. The number of halogens is 6. The first-order valence-electron chi connectivity index (χ1n) is 22.7. The third-order valence-electron chi connectivity index (χ3n) is 13.2. The van der Waals surface area contributed by atoms with Crippen molar-refractivity contribution < 1.29 is 26.3 Å². The monoisotopic (exact) mass is 924 g/mol. The molecule has 69 heavy (non-hydrogen) atoms. The Hall–Kier alpha value is -7.46. The Balaban J connectivity index is 0.993. The first-order valence-corrected chi connectivity index (χ1v) is 22.7. The zero-order valence-corrected chi connectivity index (χ0v) is 38.7. The number of hydrogen-bond donors (Lipinski definition) is 0. The highest BCUT2D eigenvalue weighted by molar-refractivity contribution is 6.05. The summed E-state index contributed by atoms with van der Waals surface area (Å²) in [7, 11) is 0. The molecule has 0 radical (unpaired) electrons. The van der Waals surface area contributed by atoms with E-state index in [0.29, 0.717) is 44.6 Å². The Labute approximate surface area is 395 Å². The summed E-state index contributed by atoms with van der Waals surface area (Å²) >= 11 is 0. The number of nitrogens with zero attached hydrogens (tertiary/aromatic N) is 4. The number of aromatic nitrogens is 4. The minimum absolute atomic E-state index is 0.0178. The molecule has 0 bridgehead atoms. The zero-order valence-electron chi connectivity index (χ0n) is 38.7. The Morgan fingerprint density at radius 3 is 0.667 bits per heavy atom. The molecule has 0 fully saturated rings. The Bertz CT molecular complexity index is 3330. The summed E-state index contributed by atoms with van der Waals surface area (Å²) in [6.07, 6.45) is -11.6. The number of pyridine rings is 4. The van der Waals surface area contributed by atoms with Crippen molar-refractivity contribution in [3.63, 3.8) is 0 Å². The van der Waals surface area contributed by atoms with Crippen LogP contribution in [-0.2, 0) is 16.2 Å². The van der Waals surface area contributed by atoms with E-state index in [-0.39, 0.29) is 10.8 Å². The van der Waals surface area contributed by atoms with Gasteiger partial charge in [0.15, 0.2) is 0 Å². The van der Waals surface area contributed by atoms with Crippen molar-refractivity contribution in [2.75, 3.05) is 0 Å². The van der Waals surface area contributed by atoms with Gasteiger partial charge >= 0.3 is 12.4 Å². The van der Waals surface area contributed by atoms with Crippen molar-refractivity contribution in [3.05, 3.63) is 192 Å². The third kappa shape index (κ3) is 8.05. The molecule has 6 aromatic carbocycles. The van der Waals surface area contributed by atoms with Crippen LogP contribution >= 0.6 is 0 Å². The number of alkyl halides is 6. The number of hydrogen-bond acceptors (Lipinski definition) is 4. The van der Waals surface area contributed by atoms with Gasteiger partial charge in [-0.3, -0.25) is 0 Å². The van der Waals surface area contributed by atoms with E-state index >= 15 is 26.3 Å². The lowest BCUT2D eigenvalue weighted by atomic mass is 9.72. The topological polar surface area (TPSA) is 51.6 Å². The van der Waals surface area contributed by atoms with Crippen molar-refractivity contribution in [3.8, 4) is 45.0 Å². The van der Waals surface area contributed by atoms with E-state index in [4.69, 9.17) is 19.9 Å². The molecular formula is C59H46F6N4. The highest BCUT2D eigenvalue weighted by atomic mass is 19.4. The molecule has 4 aromatic heterocycles. The minimum Gasteiger partial charge on any atom is -0.245 e. The second-order valence-corrected chi connectivity index (χ2v) is 19.8. The number of benzene rings is 6. The standard InChI is InChI=1S/C59H46F6N4/c1-55(2,3)43-23-11-35(12-24-43)47-31-19-39-7-9-41-21-33-49(68-53(41)51(39)66-47)37-15-27-45(28-16-37)57(58(60,61)62,59(63,64)65)46-29-17-38(18-30-46)50-34-22-42-10-8-40-20-32-48(67-52(40)54(42)69-50)36-13-25-44(26-14-36)56(4,5)6/h7-34H,1-6H3. The van der Waals surface area contributed by atoms with Gasteiger partial charge in [-0.15, -0.1) is 0 Å². The molecule has 0 aliphatic rings. The molecule has 344 valence electrons. The molecule has 0 spiro atoms. The van der Waals surface area contributed by atoms with Gasteiger partial charge in [0, 0.05) is 43.8 Å². The van der Waals surface area contributed by atoms with Crippen molar-refractivity contribution in [2.45, 2.75) is 70.1 Å². The van der Waals surface area contributed by atoms with Crippen LogP contribution in [0.25, 0.3) is 88.6 Å². The molecule has 0 saturated heterocycles. The molecule has 0 amide bonds. The van der Waals surface area contributed by atoms with Gasteiger partial charge in [0.25, 0.3) is 0 Å². The smallest absolute Gasteiger partial charge is 0.245 e. The molecule has 0 aliphatic heterocycles. The molecule has 4 heterocycles. The fourth-order valence-corrected chi connectivity index (χ4v) is 9.22. The molecule has 10 rings (SSSR count). The van der Waals surface area contributed by atoms with Gasteiger partial charge in [0.1, 0.15) is 0 Å². The van der Waals surface area contributed by atoms with Crippen molar-refractivity contribution >= 4 is 43.6 Å². The Morgan fingerprint density at radius 1 is 0.261 bits per heavy atom. The van der Waals surface area contributed by atoms with Gasteiger partial charge in [0.2, 0.25) is 5.41 Å². The van der Waals surface area contributed by atoms with E-state index < -0.39 is 28.9 Å². The molecule has 10 heteroatoms. The van der Waals surface area contributed by atoms with E-state index in [1.807, 2.05) is 84.9 Å². The zero-order chi connectivity index (χ0) is 48.7. The maximum Gasteiger partial charge on any atom is 0.411 e. The van der Waals surface area contributed by atoms with Gasteiger partial charge in [-0.05, 0) is 57.3 Å². The summed E-state index contributed by atoms with van der Waals surface area (Å²) in [6, 6.07) is 47.6. The number of rotatable bonds is 6. The van der Waals surface area contributed by atoms with Crippen LogP contribution in [0.5, 0.6) is 0 Å². The molecule has 10 aromatic rings. The van der Waals surface area contributed by atoms with Gasteiger partial charge in [-0.1, -0.05) is 187 Å². The lowest BCUT2D eigenvalue weighted by molar-refractivity contribution is -0.288. The molecule has 0 aliphatic carbocycles. The molecular weight excluding hydrogens is 879 g/mol. The van der Waals surface area contributed by atoms with Crippen molar-refractivity contribution in [2.24, 2.45) is 0 Å². The summed E-state index contributed by atoms with van der Waals surface area (Å²) < 4.78 is 92.6. The van der Waals surface area contributed by atoms with Crippen molar-refractivity contribution in [1.29, 1.82) is 0 Å².